The molecule has 9 heteroatoms. The standard InChI is InChI=1S/C25H26F2N2O3S2/c1-19-3-13-24(14-4-19)34(31,32)29(23-11-9-22(27)10-12-23)17-25(30)28-15-2-16-33-18-20-5-7-21(26)8-6-20/h3-14H,2,15-18H2,1H3,(H,28,30). The average Bonchev–Trinajstić information content (AvgIpc) is 2.82. The van der Waals surface area contributed by atoms with E-state index in [4.69, 9.17) is 0 Å². The lowest BCUT2D eigenvalue weighted by atomic mass is 10.2. The molecule has 0 radical (unpaired) electrons. The highest BCUT2D eigenvalue weighted by atomic mass is 32.2. The molecule has 0 fully saturated rings. The van der Waals surface area contributed by atoms with Crippen molar-refractivity contribution in [3.8, 4) is 0 Å². The predicted octanol–water partition coefficient (Wildman–Crippen LogP) is 4.91. The van der Waals surface area contributed by atoms with Gasteiger partial charge in [-0.15, -0.1) is 0 Å². The van der Waals surface area contributed by atoms with Crippen molar-refractivity contribution < 1.29 is 22.0 Å². The Morgan fingerprint density at radius 1 is 0.912 bits per heavy atom. The van der Waals surface area contributed by atoms with Crippen molar-refractivity contribution in [2.45, 2.75) is 24.0 Å². The van der Waals surface area contributed by atoms with Crippen molar-refractivity contribution in [1.82, 2.24) is 5.32 Å². The van der Waals surface area contributed by atoms with E-state index in [1.54, 1.807) is 36.0 Å². The smallest absolute Gasteiger partial charge is 0.264 e. The maximum atomic E-state index is 13.4. The van der Waals surface area contributed by atoms with E-state index in [1.807, 2.05) is 6.92 Å². The molecule has 3 aromatic carbocycles. The van der Waals surface area contributed by atoms with Gasteiger partial charge in [-0.1, -0.05) is 29.8 Å². The molecule has 3 rings (SSSR count). The molecule has 0 aliphatic carbocycles. The second kappa shape index (κ2) is 12.0. The van der Waals surface area contributed by atoms with Crippen LogP contribution in [0.15, 0.2) is 77.7 Å². The average molecular weight is 505 g/mol. The second-order valence-electron chi connectivity index (χ2n) is 7.68. The van der Waals surface area contributed by atoms with Gasteiger partial charge >= 0.3 is 0 Å². The van der Waals surface area contributed by atoms with Gasteiger partial charge in [0.2, 0.25) is 5.91 Å². The molecule has 0 aliphatic rings. The summed E-state index contributed by atoms with van der Waals surface area (Å²) < 4.78 is 53.9. The van der Waals surface area contributed by atoms with E-state index in [0.29, 0.717) is 13.0 Å². The van der Waals surface area contributed by atoms with Crippen LogP contribution in [-0.2, 0) is 20.6 Å². The number of amides is 1. The Labute approximate surface area is 203 Å². The summed E-state index contributed by atoms with van der Waals surface area (Å²) in [4.78, 5) is 12.6. The Kier molecular flexibility index (Phi) is 9.06. The molecule has 3 aromatic rings. The van der Waals surface area contributed by atoms with Crippen LogP contribution in [0.25, 0.3) is 0 Å². The van der Waals surface area contributed by atoms with Gasteiger partial charge in [0.25, 0.3) is 10.0 Å². The van der Waals surface area contributed by atoms with E-state index in [-0.39, 0.29) is 16.4 Å². The first-order valence-corrected chi connectivity index (χ1v) is 13.3. The number of carbonyl (C=O) groups is 1. The van der Waals surface area contributed by atoms with Crippen LogP contribution < -0.4 is 9.62 Å². The van der Waals surface area contributed by atoms with E-state index >= 15 is 0 Å². The first kappa shape index (κ1) is 25.7. The molecule has 0 heterocycles. The van der Waals surface area contributed by atoms with Crippen molar-refractivity contribution in [2.24, 2.45) is 0 Å². The highest BCUT2D eigenvalue weighted by Crippen LogP contribution is 2.24. The Hall–Kier alpha value is -2.91. The summed E-state index contributed by atoms with van der Waals surface area (Å²) in [6.45, 7) is 1.81. The van der Waals surface area contributed by atoms with Crippen molar-refractivity contribution in [2.75, 3.05) is 23.1 Å². The zero-order chi connectivity index (χ0) is 24.6. The van der Waals surface area contributed by atoms with Crippen molar-refractivity contribution in [1.29, 1.82) is 0 Å². The molecule has 0 unspecified atom stereocenters. The summed E-state index contributed by atoms with van der Waals surface area (Å²) in [6, 6.07) is 17.6. The van der Waals surface area contributed by atoms with Crippen LogP contribution >= 0.6 is 11.8 Å². The SMILES string of the molecule is Cc1ccc(S(=O)(=O)N(CC(=O)NCCCSCc2ccc(F)cc2)c2ccc(F)cc2)cc1. The van der Waals surface area contributed by atoms with Crippen LogP contribution in [0.1, 0.15) is 17.5 Å². The van der Waals surface area contributed by atoms with Gasteiger partial charge in [-0.25, -0.2) is 17.2 Å². The van der Waals surface area contributed by atoms with Gasteiger partial charge in [0.05, 0.1) is 10.6 Å². The molecular weight excluding hydrogens is 478 g/mol. The molecule has 0 aliphatic heterocycles. The first-order valence-electron chi connectivity index (χ1n) is 10.7. The van der Waals surface area contributed by atoms with Gasteiger partial charge in [-0.2, -0.15) is 11.8 Å². The fraction of sp³-hybridized carbons (Fsp3) is 0.240. The van der Waals surface area contributed by atoms with Gasteiger partial charge in [-0.05, 0) is 73.2 Å². The topological polar surface area (TPSA) is 66.5 Å². The summed E-state index contributed by atoms with van der Waals surface area (Å²) in [5, 5.41) is 2.75. The third kappa shape index (κ3) is 7.30. The molecule has 0 bridgehead atoms. The highest BCUT2D eigenvalue weighted by molar-refractivity contribution is 7.98. The second-order valence-corrected chi connectivity index (χ2v) is 10.7. The molecule has 34 heavy (non-hydrogen) atoms. The third-order valence-electron chi connectivity index (χ3n) is 4.98. The van der Waals surface area contributed by atoms with Crippen LogP contribution in [0.3, 0.4) is 0 Å². The maximum Gasteiger partial charge on any atom is 0.264 e. The van der Waals surface area contributed by atoms with Gasteiger partial charge in [0, 0.05) is 12.3 Å². The number of aryl methyl sites for hydroxylation is 1. The predicted molar refractivity (Wildman–Crippen MR) is 132 cm³/mol. The number of anilines is 1. The Morgan fingerprint density at radius 3 is 2.12 bits per heavy atom. The molecule has 0 saturated carbocycles. The monoisotopic (exact) mass is 504 g/mol. The lowest BCUT2D eigenvalue weighted by Crippen LogP contribution is -2.41. The number of hydrogen-bond acceptors (Lipinski definition) is 4. The minimum atomic E-state index is -4.03. The minimum absolute atomic E-state index is 0.0485. The molecule has 0 saturated heterocycles. The van der Waals surface area contributed by atoms with Crippen molar-refractivity contribution >= 4 is 33.4 Å². The number of hydrogen-bond donors (Lipinski definition) is 1. The fourth-order valence-electron chi connectivity index (χ4n) is 3.12. The molecule has 1 N–H and O–H groups in total. The molecule has 180 valence electrons. The Balaban J connectivity index is 1.57. The van der Waals surface area contributed by atoms with E-state index in [9.17, 15) is 22.0 Å². The third-order valence-corrected chi connectivity index (χ3v) is 7.88. The minimum Gasteiger partial charge on any atom is -0.354 e. The summed E-state index contributed by atoms with van der Waals surface area (Å²) >= 11 is 1.66. The lowest BCUT2D eigenvalue weighted by Gasteiger charge is -2.24. The van der Waals surface area contributed by atoms with Gasteiger partial charge in [0.15, 0.2) is 0 Å². The quantitative estimate of drug-likeness (QED) is 0.377. The number of nitrogens with zero attached hydrogens (tertiary/aromatic N) is 1. The van der Waals surface area contributed by atoms with E-state index < -0.39 is 28.3 Å². The van der Waals surface area contributed by atoms with Crippen LogP contribution in [0, 0.1) is 18.6 Å². The molecule has 0 aromatic heterocycles. The zero-order valence-electron chi connectivity index (χ0n) is 18.7. The largest absolute Gasteiger partial charge is 0.354 e. The molecule has 5 nitrogen and oxygen atoms in total. The van der Waals surface area contributed by atoms with Crippen LogP contribution in [0.5, 0.6) is 0 Å². The summed E-state index contributed by atoms with van der Waals surface area (Å²) in [5.74, 6) is 0.292. The molecule has 1 amide bonds. The normalized spacial score (nSPS) is 11.3. The molecular formula is C25H26F2N2O3S2. The van der Waals surface area contributed by atoms with Crippen molar-refractivity contribution in [3.63, 3.8) is 0 Å². The van der Waals surface area contributed by atoms with Gasteiger partial charge < -0.3 is 5.32 Å². The van der Waals surface area contributed by atoms with Crippen LogP contribution in [0.2, 0.25) is 0 Å². The first-order chi connectivity index (χ1) is 16.3. The summed E-state index contributed by atoms with van der Waals surface area (Å²) in [5.41, 5.74) is 2.13. The number of nitrogens with one attached hydrogen (secondary N) is 1. The summed E-state index contributed by atoms with van der Waals surface area (Å²) in [7, 11) is -4.03. The molecule has 0 atom stereocenters. The number of thioether (sulfide) groups is 1. The summed E-state index contributed by atoms with van der Waals surface area (Å²) in [6.07, 6.45) is 0.693. The van der Waals surface area contributed by atoms with Crippen LogP contribution in [-0.4, -0.2) is 33.2 Å². The zero-order valence-corrected chi connectivity index (χ0v) is 20.3. The van der Waals surface area contributed by atoms with Gasteiger partial charge in [0.1, 0.15) is 18.2 Å². The molecule has 0 spiro atoms. The van der Waals surface area contributed by atoms with Crippen LogP contribution in [0.4, 0.5) is 14.5 Å². The van der Waals surface area contributed by atoms with E-state index in [2.05, 4.69) is 5.32 Å². The Bertz CT molecular complexity index is 1180. The number of carbonyl (C=O) groups excluding carboxylic acids is 1. The lowest BCUT2D eigenvalue weighted by molar-refractivity contribution is -0.119. The highest BCUT2D eigenvalue weighted by Gasteiger charge is 2.27. The van der Waals surface area contributed by atoms with E-state index in [1.165, 1.54) is 36.4 Å². The fourth-order valence-corrected chi connectivity index (χ4v) is 5.46. The van der Waals surface area contributed by atoms with E-state index in [0.717, 1.165) is 39.1 Å². The Morgan fingerprint density at radius 2 is 1.50 bits per heavy atom. The number of benzene rings is 3. The number of rotatable bonds is 11. The van der Waals surface area contributed by atoms with Gasteiger partial charge in [-0.3, -0.25) is 9.10 Å². The number of sulfonamides is 1. The maximum absolute atomic E-state index is 13.4. The van der Waals surface area contributed by atoms with Crippen molar-refractivity contribution in [3.05, 3.63) is 95.6 Å². The number of halogens is 2.